The molecule has 0 aliphatic carbocycles. The Labute approximate surface area is 183 Å². The van der Waals surface area contributed by atoms with Gasteiger partial charge in [-0.1, -0.05) is 23.2 Å². The minimum absolute atomic E-state index is 0.000858. The number of likely N-dealkylation sites (tertiary alicyclic amines) is 1. The zero-order valence-electron chi connectivity index (χ0n) is 16.0. The molecule has 4 rings (SSSR count). The normalized spacial score (nSPS) is 14.7. The van der Waals surface area contributed by atoms with Crippen LogP contribution in [0.1, 0.15) is 23.2 Å². The van der Waals surface area contributed by atoms with E-state index < -0.39 is 0 Å². The van der Waals surface area contributed by atoms with Crippen LogP contribution in [-0.4, -0.2) is 52.4 Å². The number of rotatable bonds is 5. The van der Waals surface area contributed by atoms with Gasteiger partial charge in [-0.05, 0) is 49.2 Å². The second kappa shape index (κ2) is 8.93. The highest BCUT2D eigenvalue weighted by atomic mass is 35.5. The average Bonchev–Trinajstić information content (AvgIpc) is 3.21. The van der Waals surface area contributed by atoms with Gasteiger partial charge in [-0.25, -0.2) is 4.98 Å². The van der Waals surface area contributed by atoms with E-state index in [1.807, 2.05) is 17.0 Å². The largest absolute Gasteiger partial charge is 0.482 e. The molecule has 0 radical (unpaired) electrons. The molecule has 2 amide bonds. The molecular formula is C21H20Cl2N4O3. The van der Waals surface area contributed by atoms with Crippen LogP contribution in [0.4, 0.5) is 0 Å². The van der Waals surface area contributed by atoms with Gasteiger partial charge in [0.05, 0.1) is 22.4 Å². The Morgan fingerprint density at radius 1 is 1.17 bits per heavy atom. The third-order valence-corrected chi connectivity index (χ3v) is 5.60. The minimum atomic E-state index is -0.226. The second-order valence-corrected chi connectivity index (χ2v) is 7.98. The van der Waals surface area contributed by atoms with Crippen molar-refractivity contribution >= 4 is 46.0 Å². The molecule has 1 saturated heterocycles. The molecule has 9 heteroatoms. The Hall–Kier alpha value is -2.77. The van der Waals surface area contributed by atoms with Crippen molar-refractivity contribution in [2.45, 2.75) is 18.9 Å². The first-order valence-electron chi connectivity index (χ1n) is 9.59. The zero-order chi connectivity index (χ0) is 21.1. The first-order chi connectivity index (χ1) is 14.5. The van der Waals surface area contributed by atoms with Crippen LogP contribution in [0.2, 0.25) is 10.0 Å². The molecule has 2 aromatic carbocycles. The molecule has 0 unspecified atom stereocenters. The predicted molar refractivity (Wildman–Crippen MR) is 115 cm³/mol. The fourth-order valence-corrected chi connectivity index (χ4v) is 3.95. The van der Waals surface area contributed by atoms with Gasteiger partial charge in [0.15, 0.2) is 6.61 Å². The molecule has 7 nitrogen and oxygen atoms in total. The van der Waals surface area contributed by atoms with Crippen molar-refractivity contribution in [3.63, 3.8) is 0 Å². The van der Waals surface area contributed by atoms with Gasteiger partial charge in [0.2, 0.25) is 0 Å². The van der Waals surface area contributed by atoms with Gasteiger partial charge in [-0.15, -0.1) is 0 Å². The van der Waals surface area contributed by atoms with E-state index in [1.165, 1.54) is 0 Å². The van der Waals surface area contributed by atoms with E-state index in [0.717, 1.165) is 11.0 Å². The van der Waals surface area contributed by atoms with E-state index in [1.54, 1.807) is 30.6 Å². The summed E-state index contributed by atoms with van der Waals surface area (Å²) in [6, 6.07) is 10.3. The summed E-state index contributed by atoms with van der Waals surface area (Å²) in [4.78, 5) is 34.0. The van der Waals surface area contributed by atoms with Crippen molar-refractivity contribution in [3.8, 4) is 5.75 Å². The number of nitrogens with zero attached hydrogens (tertiary/aromatic N) is 2. The lowest BCUT2D eigenvalue weighted by Crippen LogP contribution is -2.47. The van der Waals surface area contributed by atoms with Crippen LogP contribution in [-0.2, 0) is 4.79 Å². The molecule has 0 saturated carbocycles. The number of nitrogens with one attached hydrogen (secondary N) is 2. The number of fused-ring (bicyclic) bond motifs is 1. The lowest BCUT2D eigenvalue weighted by molar-refractivity contribution is -0.124. The van der Waals surface area contributed by atoms with E-state index in [0.29, 0.717) is 47.3 Å². The molecule has 156 valence electrons. The summed E-state index contributed by atoms with van der Waals surface area (Å²) in [5.41, 5.74) is 2.29. The van der Waals surface area contributed by atoms with Crippen molar-refractivity contribution in [1.82, 2.24) is 20.2 Å². The summed E-state index contributed by atoms with van der Waals surface area (Å²) in [5.74, 6) is 0.165. The first kappa shape index (κ1) is 20.5. The Kier molecular flexibility index (Phi) is 6.11. The number of aromatic amines is 1. The molecular weight excluding hydrogens is 427 g/mol. The number of imidazole rings is 1. The highest BCUT2D eigenvalue weighted by Gasteiger charge is 2.25. The number of H-pyrrole nitrogens is 1. The number of halogens is 2. The highest BCUT2D eigenvalue weighted by Crippen LogP contribution is 2.27. The van der Waals surface area contributed by atoms with E-state index in [-0.39, 0.29) is 24.5 Å². The maximum absolute atomic E-state index is 12.8. The quantitative estimate of drug-likeness (QED) is 0.625. The number of carbonyl (C=O) groups excluding carboxylic acids is 2. The number of piperidine rings is 1. The Morgan fingerprint density at radius 2 is 1.97 bits per heavy atom. The first-order valence-corrected chi connectivity index (χ1v) is 10.3. The van der Waals surface area contributed by atoms with Gasteiger partial charge in [0, 0.05) is 29.7 Å². The number of aromatic nitrogens is 2. The summed E-state index contributed by atoms with van der Waals surface area (Å²) < 4.78 is 5.47. The number of ether oxygens (including phenoxy) is 1. The van der Waals surface area contributed by atoms with E-state index in [4.69, 9.17) is 27.9 Å². The van der Waals surface area contributed by atoms with Gasteiger partial charge in [0.25, 0.3) is 11.8 Å². The van der Waals surface area contributed by atoms with Crippen LogP contribution in [0, 0.1) is 0 Å². The smallest absolute Gasteiger partial charge is 0.258 e. The second-order valence-electron chi connectivity index (χ2n) is 7.13. The third kappa shape index (κ3) is 4.68. The monoisotopic (exact) mass is 446 g/mol. The predicted octanol–water partition coefficient (Wildman–Crippen LogP) is 3.67. The molecule has 0 bridgehead atoms. The van der Waals surface area contributed by atoms with Gasteiger partial charge in [0.1, 0.15) is 5.75 Å². The van der Waals surface area contributed by atoms with Crippen LogP contribution < -0.4 is 10.1 Å². The zero-order valence-corrected chi connectivity index (χ0v) is 17.5. The summed E-state index contributed by atoms with van der Waals surface area (Å²) in [7, 11) is 0. The van der Waals surface area contributed by atoms with Crippen molar-refractivity contribution < 1.29 is 14.3 Å². The lowest BCUT2D eigenvalue weighted by atomic mass is 10.0. The maximum Gasteiger partial charge on any atom is 0.258 e. The van der Waals surface area contributed by atoms with Gasteiger partial charge < -0.3 is 19.9 Å². The summed E-state index contributed by atoms with van der Waals surface area (Å²) in [6.45, 7) is 1.02. The number of carbonyl (C=O) groups is 2. The Morgan fingerprint density at radius 3 is 2.73 bits per heavy atom. The van der Waals surface area contributed by atoms with E-state index in [9.17, 15) is 9.59 Å². The fourth-order valence-electron chi connectivity index (χ4n) is 3.48. The van der Waals surface area contributed by atoms with Crippen molar-refractivity contribution in [2.75, 3.05) is 19.7 Å². The molecule has 0 spiro atoms. The van der Waals surface area contributed by atoms with E-state index in [2.05, 4.69) is 15.3 Å². The number of hydrogen-bond donors (Lipinski definition) is 2. The molecule has 1 fully saturated rings. The number of amides is 2. The average molecular weight is 447 g/mol. The molecule has 0 atom stereocenters. The van der Waals surface area contributed by atoms with Gasteiger partial charge in [-0.3, -0.25) is 9.59 Å². The topological polar surface area (TPSA) is 87.3 Å². The summed E-state index contributed by atoms with van der Waals surface area (Å²) >= 11 is 11.9. The summed E-state index contributed by atoms with van der Waals surface area (Å²) in [6.07, 6.45) is 2.98. The van der Waals surface area contributed by atoms with Crippen LogP contribution in [0.5, 0.6) is 5.75 Å². The van der Waals surface area contributed by atoms with Crippen molar-refractivity contribution in [1.29, 1.82) is 0 Å². The number of hydrogen-bond acceptors (Lipinski definition) is 4. The summed E-state index contributed by atoms with van der Waals surface area (Å²) in [5, 5.41) is 3.81. The van der Waals surface area contributed by atoms with E-state index >= 15 is 0 Å². The van der Waals surface area contributed by atoms with Crippen LogP contribution in [0.3, 0.4) is 0 Å². The highest BCUT2D eigenvalue weighted by molar-refractivity contribution is 6.35. The van der Waals surface area contributed by atoms with Gasteiger partial charge in [-0.2, -0.15) is 0 Å². The lowest BCUT2D eigenvalue weighted by Gasteiger charge is -2.32. The molecule has 30 heavy (non-hydrogen) atoms. The van der Waals surface area contributed by atoms with Crippen molar-refractivity contribution in [3.05, 3.63) is 58.3 Å². The molecule has 1 aromatic heterocycles. The molecule has 1 aliphatic rings. The van der Waals surface area contributed by atoms with Crippen LogP contribution >= 0.6 is 23.2 Å². The Bertz CT molecular complexity index is 1080. The fraction of sp³-hybridized carbons (Fsp3) is 0.286. The minimum Gasteiger partial charge on any atom is -0.482 e. The number of benzene rings is 2. The Balaban J connectivity index is 1.25. The van der Waals surface area contributed by atoms with Crippen LogP contribution in [0.15, 0.2) is 42.7 Å². The molecule has 3 aromatic rings. The maximum atomic E-state index is 12.8. The van der Waals surface area contributed by atoms with Crippen LogP contribution in [0.25, 0.3) is 11.0 Å². The SMILES string of the molecule is O=C(COc1ccc(Cl)cc1Cl)NC1CCN(C(=O)c2ccc3nc[nH]c3c2)CC1. The molecule has 2 N–H and O–H groups in total. The van der Waals surface area contributed by atoms with Gasteiger partial charge >= 0.3 is 0 Å². The molecule has 2 heterocycles. The van der Waals surface area contributed by atoms with Crippen molar-refractivity contribution in [2.24, 2.45) is 0 Å². The third-order valence-electron chi connectivity index (χ3n) is 5.07. The molecule has 1 aliphatic heterocycles. The standard InChI is InChI=1S/C21H20Cl2N4O3/c22-14-2-4-19(16(23)10-14)30-11-20(28)26-15-5-7-27(8-6-15)21(29)13-1-3-17-18(9-13)25-12-24-17/h1-4,9-10,12,15H,5-8,11H2,(H,24,25)(H,26,28).